The van der Waals surface area contributed by atoms with Crippen LogP contribution in [0.5, 0.6) is 5.75 Å². The zero-order chi connectivity index (χ0) is 24.7. The molecule has 0 unspecified atom stereocenters. The Kier molecular flexibility index (Phi) is 8.57. The first-order chi connectivity index (χ1) is 16.3. The smallest absolute Gasteiger partial charge is 0.161 e. The Morgan fingerprint density at radius 2 is 1.74 bits per heavy atom. The van der Waals surface area contributed by atoms with Crippen molar-refractivity contribution in [2.45, 2.75) is 39.2 Å². The van der Waals surface area contributed by atoms with Crippen molar-refractivity contribution in [3.8, 4) is 16.9 Å². The van der Waals surface area contributed by atoms with E-state index in [4.69, 9.17) is 4.74 Å². The van der Waals surface area contributed by atoms with E-state index in [0.717, 1.165) is 18.2 Å². The molecular weight excluding hydrogens is 449 g/mol. The van der Waals surface area contributed by atoms with Crippen LogP contribution in [0.4, 0.5) is 22.0 Å². The van der Waals surface area contributed by atoms with E-state index in [9.17, 15) is 22.0 Å². The van der Waals surface area contributed by atoms with Crippen LogP contribution in [0.1, 0.15) is 43.0 Å². The molecule has 0 aliphatic carbocycles. The third-order valence-electron chi connectivity index (χ3n) is 5.17. The van der Waals surface area contributed by atoms with Gasteiger partial charge in [0.1, 0.15) is 35.6 Å². The largest absolute Gasteiger partial charge is 0.487 e. The van der Waals surface area contributed by atoms with Gasteiger partial charge < -0.3 is 4.74 Å². The fraction of sp³-hybridized carbons (Fsp3) is 0.222. The fourth-order valence-corrected chi connectivity index (χ4v) is 3.35. The first-order valence-electron chi connectivity index (χ1n) is 10.8. The summed E-state index contributed by atoms with van der Waals surface area (Å²) < 4.78 is 76.1. The Labute approximate surface area is 195 Å². The number of rotatable bonds is 10. The van der Waals surface area contributed by atoms with Gasteiger partial charge in [0.15, 0.2) is 5.83 Å². The minimum atomic E-state index is -1.07. The Balaban J connectivity index is 1.70. The van der Waals surface area contributed by atoms with E-state index in [-0.39, 0.29) is 41.9 Å². The summed E-state index contributed by atoms with van der Waals surface area (Å²) in [5.41, 5.74) is 0.862. The second kappa shape index (κ2) is 11.6. The van der Waals surface area contributed by atoms with Crippen LogP contribution in [-0.4, -0.2) is 4.98 Å². The monoisotopic (exact) mass is 473 g/mol. The van der Waals surface area contributed by atoms with Crippen molar-refractivity contribution in [1.82, 2.24) is 4.98 Å². The molecule has 0 aliphatic heterocycles. The molecule has 2 nitrogen and oxygen atoms in total. The molecule has 2 aromatic carbocycles. The van der Waals surface area contributed by atoms with Crippen molar-refractivity contribution in [1.29, 1.82) is 0 Å². The number of allylic oxidation sites excluding steroid dienone is 2. The Hall–Kier alpha value is -3.48. The lowest BCUT2D eigenvalue weighted by molar-refractivity contribution is 0.297. The van der Waals surface area contributed by atoms with Gasteiger partial charge >= 0.3 is 0 Å². The predicted molar refractivity (Wildman–Crippen MR) is 123 cm³/mol. The minimum Gasteiger partial charge on any atom is -0.487 e. The number of benzene rings is 2. The number of aromatic nitrogens is 1. The van der Waals surface area contributed by atoms with Crippen LogP contribution >= 0.6 is 0 Å². The highest BCUT2D eigenvalue weighted by Crippen LogP contribution is 2.29. The van der Waals surface area contributed by atoms with E-state index < -0.39 is 29.1 Å². The van der Waals surface area contributed by atoms with Gasteiger partial charge in [-0.1, -0.05) is 31.2 Å². The molecule has 0 spiro atoms. The van der Waals surface area contributed by atoms with E-state index in [2.05, 4.69) is 11.6 Å². The lowest BCUT2D eigenvalue weighted by Crippen LogP contribution is -2.01. The van der Waals surface area contributed by atoms with Gasteiger partial charge in [0.05, 0.1) is 5.69 Å². The number of hydrogen-bond acceptors (Lipinski definition) is 2. The first kappa shape index (κ1) is 25.1. The van der Waals surface area contributed by atoms with E-state index in [1.165, 1.54) is 18.3 Å². The molecule has 0 N–H and O–H groups in total. The molecule has 3 aromatic rings. The lowest BCUT2D eigenvalue weighted by atomic mass is 10.0. The average molecular weight is 473 g/mol. The number of halogens is 5. The average Bonchev–Trinajstić information content (AvgIpc) is 2.82. The van der Waals surface area contributed by atoms with E-state index in [1.54, 1.807) is 25.1 Å². The van der Waals surface area contributed by atoms with Gasteiger partial charge in [-0.3, -0.25) is 4.98 Å². The van der Waals surface area contributed by atoms with Crippen molar-refractivity contribution in [2.24, 2.45) is 0 Å². The maximum atomic E-state index is 14.6. The van der Waals surface area contributed by atoms with Gasteiger partial charge in [-0.2, -0.15) is 0 Å². The van der Waals surface area contributed by atoms with Crippen molar-refractivity contribution >= 4 is 5.83 Å². The van der Waals surface area contributed by atoms with Crippen LogP contribution in [0.15, 0.2) is 67.1 Å². The summed E-state index contributed by atoms with van der Waals surface area (Å²) >= 11 is 0. The first-order valence-corrected chi connectivity index (χ1v) is 10.8. The van der Waals surface area contributed by atoms with Crippen molar-refractivity contribution < 1.29 is 26.7 Å². The Morgan fingerprint density at radius 3 is 2.32 bits per heavy atom. The fourth-order valence-electron chi connectivity index (χ4n) is 3.35. The van der Waals surface area contributed by atoms with Crippen molar-refractivity contribution in [2.75, 3.05) is 0 Å². The third-order valence-corrected chi connectivity index (χ3v) is 5.17. The molecule has 0 bridgehead atoms. The second-order valence-corrected chi connectivity index (χ2v) is 7.68. The highest BCUT2D eigenvalue weighted by Gasteiger charge is 2.14. The van der Waals surface area contributed by atoms with E-state index in [0.29, 0.717) is 24.1 Å². The van der Waals surface area contributed by atoms with Gasteiger partial charge in [-0.15, -0.1) is 6.58 Å². The number of nitrogens with zero attached hydrogens (tertiary/aromatic N) is 1. The number of hydrogen-bond donors (Lipinski definition) is 0. The van der Waals surface area contributed by atoms with Crippen molar-refractivity contribution in [3.63, 3.8) is 0 Å². The molecule has 0 atom stereocenters. The molecule has 0 saturated carbocycles. The lowest BCUT2D eigenvalue weighted by Gasteiger charge is -2.10. The molecular formula is C27H24F5NO. The van der Waals surface area contributed by atoms with Crippen LogP contribution < -0.4 is 4.74 Å². The molecule has 3 rings (SSSR count). The molecule has 7 heteroatoms. The number of pyridine rings is 1. The third kappa shape index (κ3) is 6.10. The summed E-state index contributed by atoms with van der Waals surface area (Å²) in [6.07, 6.45) is 4.03. The van der Waals surface area contributed by atoms with Crippen LogP contribution in [0.3, 0.4) is 0 Å². The Morgan fingerprint density at radius 1 is 1.00 bits per heavy atom. The SMILES string of the molecule is C=CCCc1c(F)cc(OCc2ccc(-c3ccc(C(F)=C(F)CCC)cc3F)cn2)cc1F. The molecule has 0 radical (unpaired) electrons. The van der Waals surface area contributed by atoms with Crippen LogP contribution in [0.25, 0.3) is 17.0 Å². The van der Waals surface area contributed by atoms with Gasteiger partial charge in [0.25, 0.3) is 0 Å². The minimum absolute atomic E-state index is 0.0220. The molecule has 34 heavy (non-hydrogen) atoms. The summed E-state index contributed by atoms with van der Waals surface area (Å²) in [5.74, 6) is -4.06. The summed E-state index contributed by atoms with van der Waals surface area (Å²) in [4.78, 5) is 4.19. The zero-order valence-corrected chi connectivity index (χ0v) is 18.7. The van der Waals surface area contributed by atoms with E-state index >= 15 is 0 Å². The molecule has 0 saturated heterocycles. The van der Waals surface area contributed by atoms with Crippen LogP contribution in [-0.2, 0) is 13.0 Å². The quantitative estimate of drug-likeness (QED) is 0.218. The Bertz CT molecular complexity index is 1170. The molecule has 0 aliphatic rings. The predicted octanol–water partition coefficient (Wildman–Crippen LogP) is 8.27. The standard InChI is InChI=1S/C27H24F5NO/c1-3-5-7-22-25(30)13-20(14-26(22)31)34-16-19-10-8-18(15-33-19)21-11-9-17(12-24(21)29)27(32)23(28)6-4-2/h3,8-15H,1,4-7,16H2,2H3. The molecule has 1 aromatic heterocycles. The highest BCUT2D eigenvalue weighted by molar-refractivity contribution is 5.68. The second-order valence-electron chi connectivity index (χ2n) is 7.68. The van der Waals surface area contributed by atoms with E-state index in [1.807, 2.05) is 0 Å². The van der Waals surface area contributed by atoms with Crippen LogP contribution in [0, 0.1) is 17.5 Å². The summed E-state index contributed by atoms with van der Waals surface area (Å²) in [6.45, 7) is 5.20. The van der Waals surface area contributed by atoms with Gasteiger partial charge in [0.2, 0.25) is 0 Å². The van der Waals surface area contributed by atoms with Gasteiger partial charge in [-0.05, 0) is 31.4 Å². The summed E-state index contributed by atoms with van der Waals surface area (Å²) in [5, 5.41) is 0. The van der Waals surface area contributed by atoms with Gasteiger partial charge in [-0.25, -0.2) is 22.0 Å². The topological polar surface area (TPSA) is 22.1 Å². The molecule has 1 heterocycles. The maximum Gasteiger partial charge on any atom is 0.161 e. The normalized spacial score (nSPS) is 11.8. The summed E-state index contributed by atoms with van der Waals surface area (Å²) in [6, 6.07) is 9.01. The highest BCUT2D eigenvalue weighted by atomic mass is 19.2. The molecule has 0 fully saturated rings. The summed E-state index contributed by atoms with van der Waals surface area (Å²) in [7, 11) is 0. The molecule has 0 amide bonds. The maximum absolute atomic E-state index is 14.6. The number of ether oxygens (including phenoxy) is 1. The zero-order valence-electron chi connectivity index (χ0n) is 18.7. The molecule has 178 valence electrons. The van der Waals surface area contributed by atoms with Crippen LogP contribution in [0.2, 0.25) is 0 Å². The van der Waals surface area contributed by atoms with Gasteiger partial charge in [0, 0.05) is 47.0 Å². The van der Waals surface area contributed by atoms with Crippen molar-refractivity contribution in [3.05, 3.63) is 101 Å².